The van der Waals surface area contributed by atoms with Crippen molar-refractivity contribution in [2.45, 2.75) is 12.8 Å². The lowest BCUT2D eigenvalue weighted by Crippen LogP contribution is -2.13. The number of hydrogen-bond acceptors (Lipinski definition) is 2. The van der Waals surface area contributed by atoms with Gasteiger partial charge in [0.25, 0.3) is 0 Å². The molecule has 2 aromatic rings. The van der Waals surface area contributed by atoms with Crippen LogP contribution in [0.1, 0.15) is 12.8 Å². The molecular formula is C16H14ClFN2O. The Labute approximate surface area is 127 Å². The van der Waals surface area contributed by atoms with Crippen LogP contribution in [0.15, 0.2) is 42.5 Å². The molecule has 3 nitrogen and oxygen atoms in total. The van der Waals surface area contributed by atoms with Gasteiger partial charge in [-0.25, -0.2) is 4.39 Å². The van der Waals surface area contributed by atoms with Crippen LogP contribution in [0.3, 0.4) is 0 Å². The molecule has 0 unspecified atom stereocenters. The summed E-state index contributed by atoms with van der Waals surface area (Å²) in [5, 5.41) is 6.08. The zero-order valence-electron chi connectivity index (χ0n) is 11.2. The average molecular weight is 305 g/mol. The quantitative estimate of drug-likeness (QED) is 0.868. The van der Waals surface area contributed by atoms with E-state index in [1.165, 1.54) is 12.1 Å². The van der Waals surface area contributed by atoms with Gasteiger partial charge in [-0.1, -0.05) is 11.6 Å². The van der Waals surface area contributed by atoms with Gasteiger partial charge in [0.05, 0.1) is 5.02 Å². The first-order valence-electron chi connectivity index (χ1n) is 6.75. The summed E-state index contributed by atoms with van der Waals surface area (Å²) < 4.78 is 13.1. The molecule has 108 valence electrons. The summed E-state index contributed by atoms with van der Waals surface area (Å²) in [7, 11) is 0. The van der Waals surface area contributed by atoms with Crippen LogP contribution in [0.5, 0.6) is 0 Å². The molecule has 2 aromatic carbocycles. The second kappa shape index (κ2) is 5.74. The van der Waals surface area contributed by atoms with E-state index in [1.807, 2.05) is 24.3 Å². The Morgan fingerprint density at radius 2 is 1.67 bits per heavy atom. The second-order valence-corrected chi connectivity index (χ2v) is 5.50. The normalized spacial score (nSPS) is 13.8. The van der Waals surface area contributed by atoms with Crippen molar-refractivity contribution in [2.75, 3.05) is 10.6 Å². The molecule has 5 heteroatoms. The highest BCUT2D eigenvalue weighted by atomic mass is 35.5. The number of carbonyl (C=O) groups excluding carboxylic acids is 1. The van der Waals surface area contributed by atoms with Crippen LogP contribution < -0.4 is 10.6 Å². The van der Waals surface area contributed by atoms with Crippen molar-refractivity contribution in [3.63, 3.8) is 0 Å². The highest BCUT2D eigenvalue weighted by molar-refractivity contribution is 6.31. The summed E-state index contributed by atoms with van der Waals surface area (Å²) in [6.07, 6.45) is 1.97. The van der Waals surface area contributed by atoms with Crippen LogP contribution in [0.25, 0.3) is 0 Å². The fourth-order valence-corrected chi connectivity index (χ4v) is 2.15. The van der Waals surface area contributed by atoms with Crippen molar-refractivity contribution in [1.29, 1.82) is 0 Å². The van der Waals surface area contributed by atoms with Gasteiger partial charge in [0.15, 0.2) is 0 Å². The maximum atomic E-state index is 13.1. The van der Waals surface area contributed by atoms with E-state index in [4.69, 9.17) is 11.6 Å². The molecular weight excluding hydrogens is 291 g/mol. The van der Waals surface area contributed by atoms with E-state index >= 15 is 0 Å². The number of carbonyl (C=O) groups is 1. The van der Waals surface area contributed by atoms with Gasteiger partial charge in [-0.3, -0.25) is 4.79 Å². The summed E-state index contributed by atoms with van der Waals surface area (Å²) in [5.74, 6) is -0.175. The summed E-state index contributed by atoms with van der Waals surface area (Å²) in [5.41, 5.74) is 2.31. The Morgan fingerprint density at radius 1 is 1.05 bits per heavy atom. The molecule has 0 aromatic heterocycles. The summed E-state index contributed by atoms with van der Waals surface area (Å²) in [4.78, 5) is 11.6. The highest BCUT2D eigenvalue weighted by Gasteiger charge is 2.29. The van der Waals surface area contributed by atoms with Crippen molar-refractivity contribution >= 4 is 34.6 Å². The third kappa shape index (κ3) is 3.52. The van der Waals surface area contributed by atoms with E-state index in [0.29, 0.717) is 5.69 Å². The van der Waals surface area contributed by atoms with Crippen molar-refractivity contribution in [3.05, 3.63) is 53.3 Å². The number of hydrogen-bond donors (Lipinski definition) is 2. The van der Waals surface area contributed by atoms with Crippen LogP contribution >= 0.6 is 11.6 Å². The fraction of sp³-hybridized carbons (Fsp3) is 0.188. The molecule has 0 radical (unpaired) electrons. The molecule has 0 saturated heterocycles. The van der Waals surface area contributed by atoms with E-state index in [9.17, 15) is 9.18 Å². The molecule has 0 atom stereocenters. The molecule has 0 spiro atoms. The molecule has 0 aliphatic heterocycles. The molecule has 3 rings (SSSR count). The Morgan fingerprint density at radius 3 is 2.29 bits per heavy atom. The summed E-state index contributed by atoms with van der Waals surface area (Å²) >= 11 is 5.74. The predicted octanol–water partition coefficient (Wildman–Crippen LogP) is 4.57. The smallest absolute Gasteiger partial charge is 0.227 e. The Kier molecular flexibility index (Phi) is 3.80. The first-order valence-corrected chi connectivity index (χ1v) is 7.12. The lowest BCUT2D eigenvalue weighted by Gasteiger charge is -2.09. The maximum Gasteiger partial charge on any atom is 0.227 e. The zero-order valence-corrected chi connectivity index (χ0v) is 12.0. The number of rotatable bonds is 4. The summed E-state index contributed by atoms with van der Waals surface area (Å²) in [6.45, 7) is 0. The minimum Gasteiger partial charge on any atom is -0.355 e. The topological polar surface area (TPSA) is 41.1 Å². The third-order valence-corrected chi connectivity index (χ3v) is 3.60. The van der Waals surface area contributed by atoms with Crippen LogP contribution in [-0.4, -0.2) is 5.91 Å². The van der Waals surface area contributed by atoms with E-state index in [1.54, 1.807) is 6.07 Å². The SMILES string of the molecule is O=C(Nc1ccc(Nc2ccc(F)c(Cl)c2)cc1)C1CC1. The van der Waals surface area contributed by atoms with Crippen LogP contribution in [0, 0.1) is 11.7 Å². The lowest BCUT2D eigenvalue weighted by atomic mass is 10.2. The van der Waals surface area contributed by atoms with Crippen molar-refractivity contribution in [3.8, 4) is 0 Å². The Bertz CT molecular complexity index is 668. The predicted molar refractivity (Wildman–Crippen MR) is 82.5 cm³/mol. The second-order valence-electron chi connectivity index (χ2n) is 5.09. The van der Waals surface area contributed by atoms with Gasteiger partial charge in [-0.15, -0.1) is 0 Å². The minimum absolute atomic E-state index is 0.0771. The van der Waals surface area contributed by atoms with Crippen LogP contribution in [-0.2, 0) is 4.79 Å². The van der Waals surface area contributed by atoms with Gasteiger partial charge in [-0.2, -0.15) is 0 Å². The molecule has 1 amide bonds. The van der Waals surface area contributed by atoms with E-state index in [0.717, 1.165) is 24.2 Å². The number of amides is 1. The maximum absolute atomic E-state index is 13.1. The Hall–Kier alpha value is -2.07. The van der Waals surface area contributed by atoms with E-state index < -0.39 is 5.82 Å². The minimum atomic E-state index is -0.444. The van der Waals surface area contributed by atoms with Crippen LogP contribution in [0.4, 0.5) is 21.5 Å². The number of nitrogens with one attached hydrogen (secondary N) is 2. The van der Waals surface area contributed by atoms with E-state index in [-0.39, 0.29) is 16.8 Å². The monoisotopic (exact) mass is 304 g/mol. The molecule has 21 heavy (non-hydrogen) atoms. The number of anilines is 3. The lowest BCUT2D eigenvalue weighted by molar-refractivity contribution is -0.117. The molecule has 2 N–H and O–H groups in total. The molecule has 1 aliphatic rings. The van der Waals surface area contributed by atoms with Crippen LogP contribution in [0.2, 0.25) is 5.02 Å². The first kappa shape index (κ1) is 13.9. The average Bonchev–Trinajstić information content (AvgIpc) is 3.30. The largest absolute Gasteiger partial charge is 0.355 e. The van der Waals surface area contributed by atoms with Gasteiger partial charge < -0.3 is 10.6 Å². The molecule has 1 aliphatic carbocycles. The first-order chi connectivity index (χ1) is 10.1. The number of benzene rings is 2. The Balaban J connectivity index is 1.65. The van der Waals surface area contributed by atoms with Gasteiger partial charge in [0.2, 0.25) is 5.91 Å². The van der Waals surface area contributed by atoms with Gasteiger partial charge in [0, 0.05) is 23.0 Å². The highest BCUT2D eigenvalue weighted by Crippen LogP contribution is 2.30. The van der Waals surface area contributed by atoms with Gasteiger partial charge >= 0.3 is 0 Å². The molecule has 1 fully saturated rings. The summed E-state index contributed by atoms with van der Waals surface area (Å²) in [6, 6.07) is 11.8. The standard InChI is InChI=1S/C16H14ClFN2O/c17-14-9-13(7-8-15(14)18)19-11-3-5-12(6-4-11)20-16(21)10-1-2-10/h3-10,19H,1-2H2,(H,20,21). The molecule has 0 heterocycles. The molecule has 0 bridgehead atoms. The number of halogens is 2. The third-order valence-electron chi connectivity index (χ3n) is 3.31. The zero-order chi connectivity index (χ0) is 14.8. The van der Waals surface area contributed by atoms with Gasteiger partial charge in [0.1, 0.15) is 5.82 Å². The van der Waals surface area contributed by atoms with Gasteiger partial charge in [-0.05, 0) is 55.3 Å². The van der Waals surface area contributed by atoms with Crippen molar-refractivity contribution in [1.82, 2.24) is 0 Å². The van der Waals surface area contributed by atoms with Crippen molar-refractivity contribution in [2.24, 2.45) is 5.92 Å². The fourth-order valence-electron chi connectivity index (χ4n) is 1.97. The molecule has 1 saturated carbocycles. The van der Waals surface area contributed by atoms with Crippen molar-refractivity contribution < 1.29 is 9.18 Å². The van der Waals surface area contributed by atoms with E-state index in [2.05, 4.69) is 10.6 Å².